The minimum Gasteiger partial charge on any atom is -0.183 e. The van der Waals surface area contributed by atoms with E-state index in [4.69, 9.17) is 18.6 Å². The topological polar surface area (TPSA) is 89.4 Å². The minimum absolute atomic E-state index is 1.17. The molecule has 4 nitrogen and oxygen atoms in total. The Morgan fingerprint density at radius 1 is 1.15 bits per heavy atom. The third kappa shape index (κ3) is 11.1. The molecule has 1 aromatic rings. The summed E-state index contributed by atoms with van der Waals surface area (Å²) in [4.78, 5) is 0. The zero-order valence-electron chi connectivity index (χ0n) is 6.72. The van der Waals surface area contributed by atoms with Gasteiger partial charge >= 0.3 is 0 Å². The Hall–Kier alpha value is -0.910. The van der Waals surface area contributed by atoms with Crippen molar-refractivity contribution in [3.8, 4) is 0 Å². The second-order valence-electron chi connectivity index (χ2n) is 2.01. The van der Waals surface area contributed by atoms with Gasteiger partial charge in [-0.3, -0.25) is 0 Å². The highest BCUT2D eigenvalue weighted by Crippen LogP contribution is 1.97. The Labute approximate surface area is 78.1 Å². The molecular weight excluding hydrogens is 196 g/mol. The second-order valence-corrected chi connectivity index (χ2v) is 2.80. The highest BCUT2D eigenvalue weighted by Gasteiger charge is 1.98. The molecule has 0 aliphatic carbocycles. The van der Waals surface area contributed by atoms with E-state index in [-0.39, 0.29) is 0 Å². The van der Waals surface area contributed by atoms with Crippen molar-refractivity contribution < 1.29 is 28.9 Å². The first-order chi connectivity index (χ1) is 5.93. The molecule has 1 rings (SSSR count). The molecule has 0 unspecified atom stereocenters. The van der Waals surface area contributed by atoms with Gasteiger partial charge in [-0.1, -0.05) is 43.0 Å². The maximum Gasteiger partial charge on any atom is 0.0777 e. The summed E-state index contributed by atoms with van der Waals surface area (Å²) < 4.78 is 32.7. The van der Waals surface area contributed by atoms with Crippen molar-refractivity contribution >= 4 is 6.08 Å². The smallest absolute Gasteiger partial charge is 0.0777 e. The normalized spacial score (nSPS) is 9.85. The van der Waals surface area contributed by atoms with Crippen LogP contribution in [0.5, 0.6) is 0 Å². The van der Waals surface area contributed by atoms with E-state index in [1.807, 2.05) is 36.4 Å². The predicted molar refractivity (Wildman–Crippen MR) is 38.8 cm³/mol. The van der Waals surface area contributed by atoms with Crippen LogP contribution in [0.2, 0.25) is 0 Å². The molecule has 0 spiro atoms. The van der Waals surface area contributed by atoms with E-state index in [0.717, 1.165) is 0 Å². The van der Waals surface area contributed by atoms with Gasteiger partial charge in [-0.05, 0) is 5.56 Å². The fourth-order valence-electron chi connectivity index (χ4n) is 0.589. The molecule has 0 heterocycles. The molecule has 0 aliphatic rings. The maximum atomic E-state index is 8.60. The summed E-state index contributed by atoms with van der Waals surface area (Å²) >= 11 is 0. The molecule has 0 radical (unpaired) electrons. The zero-order chi connectivity index (χ0) is 10.3. The third-order valence-corrected chi connectivity index (χ3v) is 1.04. The Morgan fingerprint density at radius 3 is 1.77 bits per heavy atom. The molecule has 72 valence electrons. The average Bonchev–Trinajstić information content (AvgIpc) is 2.03. The van der Waals surface area contributed by atoms with E-state index in [9.17, 15) is 0 Å². The molecule has 0 fully saturated rings. The molecule has 0 saturated heterocycles. The number of benzene rings is 1. The van der Waals surface area contributed by atoms with Crippen LogP contribution in [0.4, 0.5) is 0 Å². The lowest BCUT2D eigenvalue weighted by Crippen LogP contribution is -2.58. The molecule has 0 bridgehead atoms. The highest BCUT2D eigenvalue weighted by molar-refractivity contribution is 5.45. The lowest BCUT2D eigenvalue weighted by atomic mass is 10.2. The van der Waals surface area contributed by atoms with Crippen molar-refractivity contribution in [2.75, 3.05) is 0 Å². The van der Waals surface area contributed by atoms with E-state index in [1.165, 1.54) is 5.56 Å². The van der Waals surface area contributed by atoms with Gasteiger partial charge < -0.3 is 0 Å². The van der Waals surface area contributed by atoms with Gasteiger partial charge in [-0.2, -0.15) is 14.0 Å². The van der Waals surface area contributed by atoms with Gasteiger partial charge in [0.1, 0.15) is 0 Å². The molecule has 0 atom stereocenters. The molecule has 13 heavy (non-hydrogen) atoms. The van der Waals surface area contributed by atoms with Gasteiger partial charge in [-0.15, -0.1) is 0 Å². The largest absolute Gasteiger partial charge is 0.183 e. The standard InChI is InChI=1S/C8H8.ClHO4/c1-2-8-6-4-3-5-7-8;2-1(3,4)5/h2-7H,1H2;(H,2,3,4,5). The predicted octanol–water partition coefficient (Wildman–Crippen LogP) is -1.79. The van der Waals surface area contributed by atoms with Crippen molar-refractivity contribution in [3.63, 3.8) is 0 Å². The monoisotopic (exact) mass is 204 g/mol. The number of rotatable bonds is 1. The van der Waals surface area contributed by atoms with Crippen LogP contribution in [0.3, 0.4) is 0 Å². The summed E-state index contributed by atoms with van der Waals surface area (Å²) in [5.74, 6) is 0. The van der Waals surface area contributed by atoms with Crippen LogP contribution in [-0.2, 0) is 0 Å². The first kappa shape index (κ1) is 12.1. The Balaban J connectivity index is 0.000000252. The summed E-state index contributed by atoms with van der Waals surface area (Å²) in [5.41, 5.74) is 1.17. The van der Waals surface area contributed by atoms with Crippen LogP contribution in [0.15, 0.2) is 36.9 Å². The highest BCUT2D eigenvalue weighted by atomic mass is 35.7. The molecule has 0 aliphatic heterocycles. The first-order valence-electron chi connectivity index (χ1n) is 3.24. The molecule has 0 aromatic heterocycles. The van der Waals surface area contributed by atoms with E-state index >= 15 is 0 Å². The summed E-state index contributed by atoms with van der Waals surface area (Å²) in [6, 6.07) is 10.0. The van der Waals surface area contributed by atoms with Crippen molar-refractivity contribution in [1.29, 1.82) is 0 Å². The lowest BCUT2D eigenvalue weighted by Gasteiger charge is -2.03. The Bertz CT molecular complexity index is 236. The quantitative estimate of drug-likeness (QED) is 0.585. The van der Waals surface area contributed by atoms with Crippen LogP contribution < -0.4 is 14.0 Å². The van der Waals surface area contributed by atoms with Crippen LogP contribution in [0.25, 0.3) is 6.08 Å². The maximum absolute atomic E-state index is 8.60. The van der Waals surface area contributed by atoms with Crippen LogP contribution in [-0.4, -0.2) is 4.66 Å². The number of halogens is 1. The van der Waals surface area contributed by atoms with E-state index in [1.54, 1.807) is 0 Å². The van der Waals surface area contributed by atoms with E-state index in [2.05, 4.69) is 6.58 Å². The molecule has 1 N–H and O–H groups in total. The van der Waals surface area contributed by atoms with Gasteiger partial charge in [0.05, 0.1) is 14.9 Å². The van der Waals surface area contributed by atoms with Gasteiger partial charge in [0.15, 0.2) is 0 Å². The first-order valence-corrected chi connectivity index (χ1v) is 4.50. The summed E-state index contributed by atoms with van der Waals surface area (Å²) in [6.45, 7) is 3.63. The van der Waals surface area contributed by atoms with E-state index in [0.29, 0.717) is 0 Å². The Kier molecular flexibility index (Phi) is 5.29. The fourth-order valence-corrected chi connectivity index (χ4v) is 0.589. The van der Waals surface area contributed by atoms with Gasteiger partial charge in [0.2, 0.25) is 0 Å². The summed E-state index contributed by atoms with van der Waals surface area (Å²) in [5, 5.41) is 0. The summed E-state index contributed by atoms with van der Waals surface area (Å²) in [6.07, 6.45) is 1.83. The second kappa shape index (κ2) is 5.69. The van der Waals surface area contributed by atoms with Crippen molar-refractivity contribution in [1.82, 2.24) is 0 Å². The zero-order valence-corrected chi connectivity index (χ0v) is 7.48. The summed E-state index contributed by atoms with van der Waals surface area (Å²) in [7, 11) is -4.69. The average molecular weight is 205 g/mol. The van der Waals surface area contributed by atoms with Crippen molar-refractivity contribution in [2.45, 2.75) is 0 Å². The van der Waals surface area contributed by atoms with Crippen LogP contribution in [0, 0.1) is 10.2 Å². The van der Waals surface area contributed by atoms with Gasteiger partial charge in [0.25, 0.3) is 0 Å². The van der Waals surface area contributed by atoms with Crippen LogP contribution in [0.1, 0.15) is 5.56 Å². The fraction of sp³-hybridized carbons (Fsp3) is 0. The SMILES string of the molecule is C=Cc1ccccc1.[O-][Cl+3]([O-])([O-])O. The molecule has 1 aromatic carbocycles. The molecule has 0 amide bonds. The molecule has 0 saturated carbocycles. The number of hydrogen-bond acceptors (Lipinski definition) is 4. The number of hydrogen-bond donors (Lipinski definition) is 1. The molecular formula is C8H9ClO4. The minimum atomic E-state index is -4.69. The van der Waals surface area contributed by atoms with Crippen LogP contribution >= 0.6 is 0 Å². The van der Waals surface area contributed by atoms with E-state index < -0.39 is 10.2 Å². The van der Waals surface area contributed by atoms with Gasteiger partial charge in [-0.25, -0.2) is 0 Å². The van der Waals surface area contributed by atoms with Crippen molar-refractivity contribution in [2.24, 2.45) is 0 Å². The Morgan fingerprint density at radius 2 is 1.54 bits per heavy atom. The lowest BCUT2D eigenvalue weighted by molar-refractivity contribution is -1.92. The molecule has 5 heteroatoms. The van der Waals surface area contributed by atoms with Crippen molar-refractivity contribution in [3.05, 3.63) is 42.5 Å². The third-order valence-electron chi connectivity index (χ3n) is 1.04. The van der Waals surface area contributed by atoms with Gasteiger partial charge in [0, 0.05) is 0 Å².